The number of hydrogen-bond donors (Lipinski definition) is 0. The molecule has 0 unspecified atom stereocenters. The Labute approximate surface area is 384 Å². The number of nitrogens with zero attached hydrogens (tertiary/aromatic N) is 1. The molecule has 1 heterocycles. The summed E-state index contributed by atoms with van der Waals surface area (Å²) in [6.07, 6.45) is 0. The number of anilines is 3. The highest BCUT2D eigenvalue weighted by molar-refractivity contribution is 6.20. The molecule has 3 aliphatic carbocycles. The maximum Gasteiger partial charge on any atom is 0.137 e. The summed E-state index contributed by atoms with van der Waals surface area (Å²) in [4.78, 5) is 2.56. The fourth-order valence-electron chi connectivity index (χ4n) is 12.2. The van der Waals surface area contributed by atoms with Crippen LogP contribution in [0.3, 0.4) is 0 Å². The standard InChI is InChI=1S/C64H43NO/c1-63(2)52-25-13-9-21-46(52)49-35-34-45(38-56(49)63)65(44-32-29-42(30-33-44)40-17-5-3-6-18-40)62-60-51-37-43(41-19-7-4-8-20-41)31-36-55(51)64(53-26-14-10-22-47(53)48-23-11-15-27-54(48)64)57(60)39-59-61(62)50-24-12-16-28-58(50)66-59/h3-39H,1-2H3. The Morgan fingerprint density at radius 2 is 0.864 bits per heavy atom. The maximum absolute atomic E-state index is 7.11. The topological polar surface area (TPSA) is 16.4 Å². The molecule has 3 aliphatic rings. The third-order valence-electron chi connectivity index (χ3n) is 15.1. The maximum atomic E-state index is 7.11. The minimum absolute atomic E-state index is 0.195. The zero-order valence-electron chi connectivity index (χ0n) is 36.7. The van der Waals surface area contributed by atoms with Gasteiger partial charge in [-0.1, -0.05) is 196 Å². The second-order valence-corrected chi connectivity index (χ2v) is 18.7. The highest BCUT2D eigenvalue weighted by atomic mass is 16.3. The molecule has 0 saturated heterocycles. The van der Waals surface area contributed by atoms with Crippen molar-refractivity contribution in [3.05, 3.63) is 258 Å². The molecule has 10 aromatic carbocycles. The number of rotatable bonds is 5. The van der Waals surface area contributed by atoms with E-state index in [2.05, 4.69) is 243 Å². The van der Waals surface area contributed by atoms with Gasteiger partial charge in [-0.3, -0.25) is 0 Å². The molecule has 0 saturated carbocycles. The van der Waals surface area contributed by atoms with Crippen molar-refractivity contribution < 1.29 is 4.42 Å². The molecule has 0 aliphatic heterocycles. The van der Waals surface area contributed by atoms with Gasteiger partial charge in [-0.25, -0.2) is 0 Å². The van der Waals surface area contributed by atoms with Gasteiger partial charge in [0.1, 0.15) is 11.2 Å². The Bertz CT molecular complexity index is 3740. The Morgan fingerprint density at radius 1 is 0.348 bits per heavy atom. The lowest BCUT2D eigenvalue weighted by Gasteiger charge is -2.32. The Hall–Kier alpha value is -8.20. The van der Waals surface area contributed by atoms with Crippen LogP contribution in [0.5, 0.6) is 0 Å². The zero-order chi connectivity index (χ0) is 43.7. The van der Waals surface area contributed by atoms with Crippen LogP contribution in [-0.4, -0.2) is 0 Å². The lowest BCUT2D eigenvalue weighted by Crippen LogP contribution is -2.26. The molecule has 0 bridgehead atoms. The van der Waals surface area contributed by atoms with Crippen molar-refractivity contribution in [2.24, 2.45) is 0 Å². The molecular weight excluding hydrogens is 799 g/mol. The molecular formula is C64H43NO. The fourth-order valence-corrected chi connectivity index (χ4v) is 12.2. The number of fused-ring (bicyclic) bond motifs is 16. The van der Waals surface area contributed by atoms with E-state index in [1.54, 1.807) is 0 Å². The van der Waals surface area contributed by atoms with Crippen LogP contribution in [0.15, 0.2) is 229 Å². The molecule has 310 valence electrons. The van der Waals surface area contributed by atoms with Gasteiger partial charge >= 0.3 is 0 Å². The van der Waals surface area contributed by atoms with Gasteiger partial charge in [-0.15, -0.1) is 0 Å². The van der Waals surface area contributed by atoms with Crippen molar-refractivity contribution in [1.82, 2.24) is 0 Å². The summed E-state index contributed by atoms with van der Waals surface area (Å²) < 4.78 is 7.11. The van der Waals surface area contributed by atoms with Crippen molar-refractivity contribution in [3.63, 3.8) is 0 Å². The van der Waals surface area contributed by atoms with Crippen molar-refractivity contribution in [1.29, 1.82) is 0 Å². The predicted molar refractivity (Wildman–Crippen MR) is 273 cm³/mol. The van der Waals surface area contributed by atoms with Crippen LogP contribution in [0.2, 0.25) is 0 Å². The summed E-state index contributed by atoms with van der Waals surface area (Å²) in [5.41, 5.74) is 24.5. The monoisotopic (exact) mass is 841 g/mol. The average molecular weight is 842 g/mol. The first-order chi connectivity index (χ1) is 32.5. The minimum atomic E-state index is -0.598. The highest BCUT2D eigenvalue weighted by Gasteiger charge is 2.53. The summed E-state index contributed by atoms with van der Waals surface area (Å²) in [5.74, 6) is 0. The highest BCUT2D eigenvalue weighted by Crippen LogP contribution is 2.67. The Balaban J connectivity index is 1.15. The lowest BCUT2D eigenvalue weighted by atomic mass is 9.70. The van der Waals surface area contributed by atoms with Crippen LogP contribution in [0.25, 0.3) is 77.6 Å². The second-order valence-electron chi connectivity index (χ2n) is 18.7. The van der Waals surface area contributed by atoms with Crippen LogP contribution in [0.1, 0.15) is 47.2 Å². The first-order valence-corrected chi connectivity index (χ1v) is 23.1. The quantitative estimate of drug-likeness (QED) is 0.172. The van der Waals surface area contributed by atoms with E-state index in [4.69, 9.17) is 4.42 Å². The van der Waals surface area contributed by atoms with Gasteiger partial charge in [0.2, 0.25) is 0 Å². The fraction of sp³-hybridized carbons (Fsp3) is 0.0625. The molecule has 0 fully saturated rings. The molecule has 11 aromatic rings. The van der Waals surface area contributed by atoms with Crippen LogP contribution in [0.4, 0.5) is 17.1 Å². The molecule has 14 rings (SSSR count). The molecule has 1 spiro atoms. The van der Waals surface area contributed by atoms with E-state index in [1.807, 2.05) is 0 Å². The van der Waals surface area contributed by atoms with Gasteiger partial charge < -0.3 is 9.32 Å². The van der Waals surface area contributed by atoms with E-state index in [0.717, 1.165) is 39.0 Å². The lowest BCUT2D eigenvalue weighted by molar-refractivity contribution is 0.660. The summed E-state index contributed by atoms with van der Waals surface area (Å²) in [5, 5.41) is 2.20. The first kappa shape index (κ1) is 37.2. The van der Waals surface area contributed by atoms with Gasteiger partial charge in [0.05, 0.1) is 16.5 Å². The summed E-state index contributed by atoms with van der Waals surface area (Å²) >= 11 is 0. The van der Waals surface area contributed by atoms with Crippen molar-refractivity contribution >= 4 is 39.0 Å². The largest absolute Gasteiger partial charge is 0.456 e. The normalized spacial score (nSPS) is 14.2. The first-order valence-electron chi connectivity index (χ1n) is 23.1. The molecule has 66 heavy (non-hydrogen) atoms. The van der Waals surface area contributed by atoms with Crippen LogP contribution in [0, 0.1) is 0 Å². The predicted octanol–water partition coefficient (Wildman–Crippen LogP) is 17.0. The summed E-state index contributed by atoms with van der Waals surface area (Å²) in [6.45, 7) is 4.76. The molecule has 2 heteroatoms. The van der Waals surface area contributed by atoms with Crippen molar-refractivity contribution in [2.45, 2.75) is 24.7 Å². The third-order valence-corrected chi connectivity index (χ3v) is 15.1. The Kier molecular flexibility index (Phi) is 7.70. The van der Waals surface area contributed by atoms with Gasteiger partial charge in [0, 0.05) is 27.7 Å². The number of hydrogen-bond acceptors (Lipinski definition) is 2. The number of furan rings is 1. The summed E-state index contributed by atoms with van der Waals surface area (Å²) in [7, 11) is 0. The van der Waals surface area contributed by atoms with E-state index < -0.39 is 5.41 Å². The smallest absolute Gasteiger partial charge is 0.137 e. The van der Waals surface area contributed by atoms with Crippen LogP contribution < -0.4 is 4.90 Å². The Morgan fingerprint density at radius 3 is 1.56 bits per heavy atom. The van der Waals surface area contributed by atoms with Gasteiger partial charge in [0.25, 0.3) is 0 Å². The minimum Gasteiger partial charge on any atom is -0.456 e. The molecule has 1 aromatic heterocycles. The molecule has 0 amide bonds. The second kappa shape index (κ2) is 13.7. The van der Waals surface area contributed by atoms with E-state index in [1.165, 1.54) is 89.0 Å². The SMILES string of the molecule is CC1(C)c2ccccc2-c2ccc(N(c3ccc(-c4ccccc4)cc3)c3c4c(cc5oc6ccccc6c35)C3(c5ccccc5-c5ccccc53)c3ccc(-c5ccccc5)cc3-4)cc21. The third kappa shape index (κ3) is 4.96. The van der Waals surface area contributed by atoms with Crippen molar-refractivity contribution in [3.8, 4) is 55.6 Å². The molecule has 0 N–H and O–H groups in total. The molecule has 0 radical (unpaired) electrons. The number of benzene rings is 10. The van der Waals surface area contributed by atoms with E-state index in [0.29, 0.717) is 0 Å². The van der Waals surface area contributed by atoms with E-state index >= 15 is 0 Å². The van der Waals surface area contributed by atoms with Gasteiger partial charge in [-0.2, -0.15) is 0 Å². The zero-order valence-corrected chi connectivity index (χ0v) is 36.7. The van der Waals surface area contributed by atoms with Gasteiger partial charge in [0.15, 0.2) is 0 Å². The van der Waals surface area contributed by atoms with Crippen LogP contribution >= 0.6 is 0 Å². The van der Waals surface area contributed by atoms with E-state index in [9.17, 15) is 0 Å². The molecule has 0 atom stereocenters. The number of para-hydroxylation sites is 1. The molecule has 2 nitrogen and oxygen atoms in total. The average Bonchev–Trinajstić information content (AvgIpc) is 4.06. The van der Waals surface area contributed by atoms with Gasteiger partial charge in [-0.05, 0) is 126 Å². The van der Waals surface area contributed by atoms with Crippen molar-refractivity contribution in [2.75, 3.05) is 4.90 Å². The summed E-state index contributed by atoms with van der Waals surface area (Å²) in [6, 6.07) is 83.2. The van der Waals surface area contributed by atoms with Crippen LogP contribution in [-0.2, 0) is 10.8 Å². The van der Waals surface area contributed by atoms with E-state index in [-0.39, 0.29) is 5.41 Å².